The van der Waals surface area contributed by atoms with Crippen LogP contribution in [0, 0.1) is 5.82 Å². The van der Waals surface area contributed by atoms with Crippen molar-refractivity contribution in [3.63, 3.8) is 0 Å². The fraction of sp³-hybridized carbons (Fsp3) is 0.286. The summed E-state index contributed by atoms with van der Waals surface area (Å²) in [5.74, 6) is -0.589. The van der Waals surface area contributed by atoms with E-state index in [0.29, 0.717) is 34.4 Å². The highest BCUT2D eigenvalue weighted by Gasteiger charge is 2.32. The van der Waals surface area contributed by atoms with E-state index in [9.17, 15) is 22.4 Å². The summed E-state index contributed by atoms with van der Waals surface area (Å²) in [5.41, 5.74) is 2.09. The molecular formula is C28H25F4N3O4. The third-order valence-corrected chi connectivity index (χ3v) is 6.60. The smallest absolute Gasteiger partial charge is 0.416 e. The Morgan fingerprint density at radius 2 is 1.92 bits per heavy atom. The van der Waals surface area contributed by atoms with Gasteiger partial charge in [0, 0.05) is 61.2 Å². The number of carbonyl (C=O) groups excluding carboxylic acids is 1. The zero-order valence-electron chi connectivity index (χ0n) is 21.3. The fourth-order valence-corrected chi connectivity index (χ4v) is 4.70. The van der Waals surface area contributed by atoms with E-state index in [1.54, 1.807) is 12.1 Å². The molecule has 1 aliphatic rings. The van der Waals surface area contributed by atoms with Gasteiger partial charge in [0.25, 0.3) is 5.91 Å². The molecule has 0 aliphatic carbocycles. The first-order valence-corrected chi connectivity index (χ1v) is 12.2. The molecule has 0 saturated carbocycles. The van der Waals surface area contributed by atoms with Gasteiger partial charge >= 0.3 is 6.18 Å². The molecule has 39 heavy (non-hydrogen) atoms. The number of ether oxygens (including phenoxy) is 2. The van der Waals surface area contributed by atoms with Crippen LogP contribution in [0.4, 0.5) is 23.2 Å². The summed E-state index contributed by atoms with van der Waals surface area (Å²) in [7, 11) is 3.37. The normalized spacial score (nSPS) is 17.6. The van der Waals surface area contributed by atoms with Gasteiger partial charge in [0.2, 0.25) is 5.88 Å². The molecule has 5 rings (SSSR count). The van der Waals surface area contributed by atoms with Crippen molar-refractivity contribution in [2.24, 2.45) is 0 Å². The maximum Gasteiger partial charge on any atom is 0.416 e. The second kappa shape index (κ2) is 10.2. The standard InChI is InChI=1S/C28H25F4N3O4/c1-15-20-11-21-23(39-26(25(21)27(36)33-2)16-4-6-18(29)7-5-16)12-22(20)35(3)13-19(38-15)14-37-24-10-17(8-9-34-24)28(30,31)32/h4-12,15,19H,13-14H2,1-3H3,(H,33,36)/t15-,19-/m0/s1. The van der Waals surface area contributed by atoms with Crippen molar-refractivity contribution in [1.82, 2.24) is 10.3 Å². The highest BCUT2D eigenvalue weighted by molar-refractivity contribution is 6.11. The molecule has 2 atom stereocenters. The van der Waals surface area contributed by atoms with Gasteiger partial charge in [-0.05, 0) is 43.3 Å². The summed E-state index contributed by atoms with van der Waals surface area (Å²) >= 11 is 0. The van der Waals surface area contributed by atoms with Gasteiger partial charge in [-0.3, -0.25) is 4.79 Å². The summed E-state index contributed by atoms with van der Waals surface area (Å²) in [6.45, 7) is 2.20. The van der Waals surface area contributed by atoms with Gasteiger partial charge in [-0.1, -0.05) is 0 Å². The Hall–Kier alpha value is -4.12. The highest BCUT2D eigenvalue weighted by Crippen LogP contribution is 2.41. The van der Waals surface area contributed by atoms with Gasteiger partial charge < -0.3 is 24.1 Å². The van der Waals surface area contributed by atoms with E-state index >= 15 is 0 Å². The SMILES string of the molecule is CNC(=O)c1c(-c2ccc(F)cc2)oc2cc3c(cc12)[C@H](C)O[C@H](COc1cc(C(F)(F)F)ccn1)CN3C. The number of benzene rings is 2. The van der Waals surface area contributed by atoms with E-state index < -0.39 is 29.8 Å². The molecule has 0 bridgehead atoms. The predicted molar refractivity (Wildman–Crippen MR) is 136 cm³/mol. The van der Waals surface area contributed by atoms with Crippen molar-refractivity contribution in [3.05, 3.63) is 77.2 Å². The molecule has 2 aromatic heterocycles. The minimum Gasteiger partial charge on any atom is -0.475 e. The molecule has 1 N–H and O–H groups in total. The average molecular weight is 544 g/mol. The zero-order chi connectivity index (χ0) is 27.9. The largest absolute Gasteiger partial charge is 0.475 e. The van der Waals surface area contributed by atoms with Crippen molar-refractivity contribution < 1.29 is 36.2 Å². The number of anilines is 1. The number of nitrogens with zero attached hydrogens (tertiary/aromatic N) is 2. The van der Waals surface area contributed by atoms with E-state index in [2.05, 4.69) is 10.3 Å². The lowest BCUT2D eigenvalue weighted by Crippen LogP contribution is -2.33. The number of likely N-dealkylation sites (N-methyl/N-ethyl adjacent to an activating group) is 1. The Morgan fingerprint density at radius 3 is 2.62 bits per heavy atom. The number of aromatic nitrogens is 1. The van der Waals surface area contributed by atoms with Crippen LogP contribution in [0.15, 0.2) is 59.1 Å². The van der Waals surface area contributed by atoms with Crippen LogP contribution >= 0.6 is 0 Å². The number of hydrogen-bond donors (Lipinski definition) is 1. The van der Waals surface area contributed by atoms with Crippen LogP contribution in [0.2, 0.25) is 0 Å². The Labute approximate surface area is 221 Å². The second-order valence-electron chi connectivity index (χ2n) is 9.27. The van der Waals surface area contributed by atoms with Crippen molar-refractivity contribution in [2.45, 2.75) is 25.3 Å². The number of furan rings is 1. The first-order chi connectivity index (χ1) is 18.5. The fourth-order valence-electron chi connectivity index (χ4n) is 4.70. The van der Waals surface area contributed by atoms with Crippen LogP contribution in [0.1, 0.15) is 34.5 Å². The molecular weight excluding hydrogens is 518 g/mol. The lowest BCUT2D eigenvalue weighted by molar-refractivity contribution is -0.137. The molecule has 0 radical (unpaired) electrons. The number of fused-ring (bicyclic) bond motifs is 2. The number of amides is 1. The molecule has 11 heteroatoms. The monoisotopic (exact) mass is 543 g/mol. The number of nitrogens with one attached hydrogen (secondary N) is 1. The summed E-state index contributed by atoms with van der Waals surface area (Å²) in [6, 6.07) is 11.1. The van der Waals surface area contributed by atoms with E-state index in [-0.39, 0.29) is 18.4 Å². The van der Waals surface area contributed by atoms with Crippen molar-refractivity contribution in [3.8, 4) is 17.2 Å². The molecule has 0 saturated heterocycles. The minimum absolute atomic E-state index is 0.0225. The van der Waals surface area contributed by atoms with E-state index in [4.69, 9.17) is 13.9 Å². The number of halogens is 4. The molecule has 204 valence electrons. The van der Waals surface area contributed by atoms with E-state index in [0.717, 1.165) is 29.6 Å². The van der Waals surface area contributed by atoms with Crippen LogP contribution in [0.25, 0.3) is 22.3 Å². The summed E-state index contributed by atoms with van der Waals surface area (Å²) < 4.78 is 70.6. The van der Waals surface area contributed by atoms with Crippen molar-refractivity contribution in [1.29, 1.82) is 0 Å². The number of carbonyl (C=O) groups is 1. The Morgan fingerprint density at radius 1 is 1.18 bits per heavy atom. The van der Waals surface area contributed by atoms with E-state index in [1.807, 2.05) is 31.0 Å². The van der Waals surface area contributed by atoms with Crippen molar-refractivity contribution >= 4 is 22.6 Å². The van der Waals surface area contributed by atoms with Crippen LogP contribution < -0.4 is 15.0 Å². The molecule has 1 amide bonds. The number of rotatable bonds is 5. The summed E-state index contributed by atoms with van der Waals surface area (Å²) in [6.07, 6.45) is -4.39. The highest BCUT2D eigenvalue weighted by atomic mass is 19.4. The summed E-state index contributed by atoms with van der Waals surface area (Å²) in [5, 5.41) is 3.21. The molecule has 0 unspecified atom stereocenters. The molecule has 7 nitrogen and oxygen atoms in total. The predicted octanol–water partition coefficient (Wildman–Crippen LogP) is 5.99. The number of pyridine rings is 1. The van der Waals surface area contributed by atoms with Crippen LogP contribution in [-0.4, -0.2) is 44.2 Å². The maximum absolute atomic E-state index is 13.5. The van der Waals surface area contributed by atoms with Gasteiger partial charge in [0.1, 0.15) is 29.9 Å². The first-order valence-electron chi connectivity index (χ1n) is 12.2. The van der Waals surface area contributed by atoms with Gasteiger partial charge in [0.05, 0.1) is 17.2 Å². The Bertz CT molecular complexity index is 1520. The summed E-state index contributed by atoms with van der Waals surface area (Å²) in [4.78, 5) is 18.7. The topological polar surface area (TPSA) is 76.8 Å². The third kappa shape index (κ3) is 5.26. The van der Waals surface area contributed by atoms with Crippen molar-refractivity contribution in [2.75, 3.05) is 32.1 Å². The van der Waals surface area contributed by atoms with Crippen LogP contribution in [0.3, 0.4) is 0 Å². The Balaban J connectivity index is 1.45. The first kappa shape index (κ1) is 26.5. The van der Waals surface area contributed by atoms with Crippen LogP contribution in [-0.2, 0) is 10.9 Å². The third-order valence-electron chi connectivity index (χ3n) is 6.60. The van der Waals surface area contributed by atoms with Gasteiger partial charge in [0.15, 0.2) is 0 Å². The van der Waals surface area contributed by atoms with Crippen LogP contribution in [0.5, 0.6) is 5.88 Å². The van der Waals surface area contributed by atoms with Gasteiger partial charge in [-0.15, -0.1) is 0 Å². The van der Waals surface area contributed by atoms with Gasteiger partial charge in [-0.25, -0.2) is 9.37 Å². The van der Waals surface area contributed by atoms with Gasteiger partial charge in [-0.2, -0.15) is 13.2 Å². The molecule has 2 aromatic carbocycles. The number of hydrogen-bond acceptors (Lipinski definition) is 6. The minimum atomic E-state index is -4.50. The molecule has 1 aliphatic heterocycles. The Kier molecular flexibility index (Phi) is 6.94. The maximum atomic E-state index is 13.5. The quantitative estimate of drug-likeness (QED) is 0.312. The molecule has 0 fully saturated rings. The average Bonchev–Trinajstić information content (AvgIpc) is 3.23. The lowest BCUT2D eigenvalue weighted by Gasteiger charge is -2.22. The molecule has 3 heterocycles. The molecule has 4 aromatic rings. The number of alkyl halides is 3. The second-order valence-corrected chi connectivity index (χ2v) is 9.27. The van der Waals surface area contributed by atoms with E-state index in [1.165, 1.54) is 19.2 Å². The zero-order valence-corrected chi connectivity index (χ0v) is 21.3. The molecule has 0 spiro atoms. The lowest BCUT2D eigenvalue weighted by atomic mass is 10.00.